The lowest BCUT2D eigenvalue weighted by Crippen LogP contribution is -1.95. The van der Waals surface area contributed by atoms with Gasteiger partial charge in [0.2, 0.25) is 6.79 Å². The van der Waals surface area contributed by atoms with E-state index < -0.39 is 5.97 Å². The number of carboxylic acids is 1. The number of carbonyl (C=O) groups is 1. The molecule has 2 aromatic rings. The SMILES string of the molecule is Cc1cc(-c2cc(C(=O)O)[nH]n2)c2c(c1C)OCO2. The number of aryl methyl sites for hydroxylation is 1. The molecule has 1 aromatic heterocycles. The quantitative estimate of drug-likeness (QED) is 0.864. The molecule has 0 bridgehead atoms. The lowest BCUT2D eigenvalue weighted by Gasteiger charge is -2.08. The molecule has 6 nitrogen and oxygen atoms in total. The lowest BCUT2D eigenvalue weighted by atomic mass is 10.0. The number of hydrogen-bond donors (Lipinski definition) is 2. The Morgan fingerprint density at radius 1 is 1.32 bits per heavy atom. The molecule has 1 aliphatic heterocycles. The summed E-state index contributed by atoms with van der Waals surface area (Å²) in [7, 11) is 0. The van der Waals surface area contributed by atoms with Gasteiger partial charge >= 0.3 is 5.97 Å². The van der Waals surface area contributed by atoms with Crippen LogP contribution in [0.15, 0.2) is 12.1 Å². The van der Waals surface area contributed by atoms with Crippen molar-refractivity contribution in [1.29, 1.82) is 0 Å². The van der Waals surface area contributed by atoms with Gasteiger partial charge in [-0.3, -0.25) is 5.10 Å². The molecule has 1 aromatic carbocycles. The summed E-state index contributed by atoms with van der Waals surface area (Å²) in [6, 6.07) is 3.40. The van der Waals surface area contributed by atoms with Crippen molar-refractivity contribution in [1.82, 2.24) is 10.2 Å². The first-order chi connectivity index (χ1) is 9.08. The maximum Gasteiger partial charge on any atom is 0.353 e. The molecule has 1 aliphatic rings. The van der Waals surface area contributed by atoms with Crippen LogP contribution in [0.2, 0.25) is 0 Å². The van der Waals surface area contributed by atoms with Crippen molar-refractivity contribution in [2.24, 2.45) is 0 Å². The Balaban J connectivity index is 2.17. The van der Waals surface area contributed by atoms with Crippen LogP contribution in [-0.2, 0) is 0 Å². The number of nitrogens with one attached hydrogen (secondary N) is 1. The number of fused-ring (bicyclic) bond motifs is 1. The van der Waals surface area contributed by atoms with Gasteiger partial charge in [-0.15, -0.1) is 0 Å². The van der Waals surface area contributed by atoms with Gasteiger partial charge in [0, 0.05) is 5.56 Å². The Morgan fingerprint density at radius 2 is 2.05 bits per heavy atom. The summed E-state index contributed by atoms with van der Waals surface area (Å²) < 4.78 is 10.9. The average molecular weight is 260 g/mol. The molecule has 0 unspecified atom stereocenters. The van der Waals surface area contributed by atoms with E-state index in [0.717, 1.165) is 16.7 Å². The van der Waals surface area contributed by atoms with E-state index in [9.17, 15) is 4.79 Å². The molecule has 0 saturated carbocycles. The topological polar surface area (TPSA) is 84.4 Å². The monoisotopic (exact) mass is 260 g/mol. The summed E-state index contributed by atoms with van der Waals surface area (Å²) in [6.45, 7) is 4.09. The molecular weight excluding hydrogens is 248 g/mol. The number of hydrogen-bond acceptors (Lipinski definition) is 4. The van der Waals surface area contributed by atoms with Gasteiger partial charge < -0.3 is 14.6 Å². The van der Waals surface area contributed by atoms with Crippen molar-refractivity contribution in [2.75, 3.05) is 6.79 Å². The van der Waals surface area contributed by atoms with Crippen molar-refractivity contribution in [3.05, 3.63) is 29.0 Å². The van der Waals surface area contributed by atoms with E-state index in [0.29, 0.717) is 17.2 Å². The highest BCUT2D eigenvalue weighted by Gasteiger charge is 2.24. The Labute approximate surface area is 109 Å². The molecule has 2 heterocycles. The average Bonchev–Trinajstić information content (AvgIpc) is 3.02. The van der Waals surface area contributed by atoms with Crippen LogP contribution >= 0.6 is 0 Å². The Morgan fingerprint density at radius 3 is 2.74 bits per heavy atom. The highest BCUT2D eigenvalue weighted by Crippen LogP contribution is 2.44. The van der Waals surface area contributed by atoms with Crippen molar-refractivity contribution < 1.29 is 19.4 Å². The van der Waals surface area contributed by atoms with Crippen LogP contribution in [0.1, 0.15) is 21.6 Å². The molecule has 2 N–H and O–H groups in total. The number of H-pyrrole nitrogens is 1. The molecule has 0 fully saturated rings. The van der Waals surface area contributed by atoms with Crippen molar-refractivity contribution in [2.45, 2.75) is 13.8 Å². The van der Waals surface area contributed by atoms with Crippen LogP contribution in [0.5, 0.6) is 11.5 Å². The fourth-order valence-corrected chi connectivity index (χ4v) is 2.09. The third kappa shape index (κ3) is 1.72. The second-order valence-corrected chi connectivity index (χ2v) is 4.40. The number of benzene rings is 1. The molecule has 6 heteroatoms. The van der Waals surface area contributed by atoms with E-state index in [1.807, 2.05) is 19.9 Å². The van der Waals surface area contributed by atoms with Crippen LogP contribution in [0.25, 0.3) is 11.3 Å². The van der Waals surface area contributed by atoms with Crippen molar-refractivity contribution >= 4 is 5.97 Å². The van der Waals surface area contributed by atoms with E-state index in [-0.39, 0.29) is 12.5 Å². The highest BCUT2D eigenvalue weighted by atomic mass is 16.7. The van der Waals surface area contributed by atoms with E-state index in [4.69, 9.17) is 14.6 Å². The van der Waals surface area contributed by atoms with Gasteiger partial charge in [-0.1, -0.05) is 0 Å². The molecule has 3 rings (SSSR count). The van der Waals surface area contributed by atoms with Crippen LogP contribution in [0.4, 0.5) is 0 Å². The first-order valence-electron chi connectivity index (χ1n) is 5.77. The standard InChI is InChI=1S/C13H12N2O4/c1-6-3-8(9-4-10(13(16)17)15-14-9)12-11(7(6)2)18-5-19-12/h3-4H,5H2,1-2H3,(H,14,15)(H,16,17). The van der Waals surface area contributed by atoms with E-state index in [2.05, 4.69) is 10.2 Å². The first-order valence-corrected chi connectivity index (χ1v) is 5.77. The van der Waals surface area contributed by atoms with Crippen molar-refractivity contribution in [3.8, 4) is 22.8 Å². The number of aromatic carboxylic acids is 1. The molecule has 0 aliphatic carbocycles. The lowest BCUT2D eigenvalue weighted by molar-refractivity contribution is 0.0690. The maximum absolute atomic E-state index is 10.9. The summed E-state index contributed by atoms with van der Waals surface area (Å²) in [4.78, 5) is 10.9. The number of ether oxygens (including phenoxy) is 2. The summed E-state index contributed by atoms with van der Waals surface area (Å²) in [5.41, 5.74) is 3.37. The van der Waals surface area contributed by atoms with Gasteiger partial charge in [-0.2, -0.15) is 5.10 Å². The number of carboxylic acid groups (broad SMARTS) is 1. The van der Waals surface area contributed by atoms with Crippen LogP contribution < -0.4 is 9.47 Å². The zero-order valence-electron chi connectivity index (χ0n) is 10.5. The predicted octanol–water partition coefficient (Wildman–Crippen LogP) is 2.12. The molecular formula is C13H12N2O4. The Hall–Kier alpha value is -2.50. The second-order valence-electron chi connectivity index (χ2n) is 4.40. The van der Waals surface area contributed by atoms with Crippen LogP contribution in [-0.4, -0.2) is 28.1 Å². The molecule has 0 spiro atoms. The van der Waals surface area contributed by atoms with Gasteiger partial charge in [0.15, 0.2) is 11.5 Å². The van der Waals surface area contributed by atoms with Gasteiger partial charge in [-0.25, -0.2) is 4.79 Å². The number of nitrogens with zero attached hydrogens (tertiary/aromatic N) is 1. The van der Waals surface area contributed by atoms with Gasteiger partial charge in [0.05, 0.1) is 5.69 Å². The summed E-state index contributed by atoms with van der Waals surface area (Å²) in [6.07, 6.45) is 0. The summed E-state index contributed by atoms with van der Waals surface area (Å²) in [5, 5.41) is 15.4. The van der Waals surface area contributed by atoms with Crippen molar-refractivity contribution in [3.63, 3.8) is 0 Å². The minimum Gasteiger partial charge on any atom is -0.477 e. The Kier molecular flexibility index (Phi) is 2.45. The van der Waals surface area contributed by atoms with Gasteiger partial charge in [0.25, 0.3) is 0 Å². The fourth-order valence-electron chi connectivity index (χ4n) is 2.09. The third-order valence-corrected chi connectivity index (χ3v) is 3.23. The normalized spacial score (nSPS) is 12.7. The minimum absolute atomic E-state index is 0.0425. The molecule has 19 heavy (non-hydrogen) atoms. The Bertz CT molecular complexity index is 676. The number of rotatable bonds is 2. The van der Waals surface area contributed by atoms with Crippen LogP contribution in [0.3, 0.4) is 0 Å². The smallest absolute Gasteiger partial charge is 0.353 e. The maximum atomic E-state index is 10.9. The summed E-state index contributed by atoms with van der Waals surface area (Å²) in [5.74, 6) is 0.276. The zero-order valence-corrected chi connectivity index (χ0v) is 10.5. The van der Waals surface area contributed by atoms with Crippen LogP contribution in [0, 0.1) is 13.8 Å². The summed E-state index contributed by atoms with van der Waals surface area (Å²) >= 11 is 0. The fraction of sp³-hybridized carbons (Fsp3) is 0.231. The zero-order chi connectivity index (χ0) is 13.6. The molecule has 98 valence electrons. The molecule has 0 radical (unpaired) electrons. The largest absolute Gasteiger partial charge is 0.477 e. The highest BCUT2D eigenvalue weighted by molar-refractivity contribution is 5.87. The molecule has 0 saturated heterocycles. The van der Waals surface area contributed by atoms with Gasteiger partial charge in [-0.05, 0) is 37.1 Å². The number of aromatic nitrogens is 2. The third-order valence-electron chi connectivity index (χ3n) is 3.23. The minimum atomic E-state index is -1.05. The predicted molar refractivity (Wildman–Crippen MR) is 66.6 cm³/mol. The van der Waals surface area contributed by atoms with E-state index in [1.54, 1.807) is 0 Å². The first kappa shape index (κ1) is 11.6. The second kappa shape index (κ2) is 4.01. The molecule has 0 amide bonds. The van der Waals surface area contributed by atoms with E-state index >= 15 is 0 Å². The number of aromatic amines is 1. The molecule has 0 atom stereocenters. The van der Waals surface area contributed by atoms with E-state index in [1.165, 1.54) is 6.07 Å². The van der Waals surface area contributed by atoms with Gasteiger partial charge in [0.1, 0.15) is 5.69 Å².